The Morgan fingerprint density at radius 1 is 0.962 bits per heavy atom. The highest BCUT2D eigenvalue weighted by atomic mass is 32.1. The maximum absolute atomic E-state index is 13.3. The molecule has 2 amide bonds. The van der Waals surface area contributed by atoms with Gasteiger partial charge in [-0.05, 0) is 35.4 Å². The summed E-state index contributed by atoms with van der Waals surface area (Å²) in [5.41, 5.74) is 12.8. The van der Waals surface area contributed by atoms with Crippen LogP contribution in [-0.4, -0.2) is 144 Å². The van der Waals surface area contributed by atoms with E-state index in [1.54, 1.807) is 11.3 Å². The van der Waals surface area contributed by atoms with E-state index >= 15 is 0 Å². The van der Waals surface area contributed by atoms with Crippen LogP contribution in [-0.2, 0) is 44.6 Å². The van der Waals surface area contributed by atoms with Crippen LogP contribution < -0.4 is 10.6 Å². The minimum Gasteiger partial charge on any atom is -0.392 e. The van der Waals surface area contributed by atoms with E-state index in [9.17, 15) is 14.7 Å². The van der Waals surface area contributed by atoms with Gasteiger partial charge in [0.15, 0.2) is 0 Å². The quantitative estimate of drug-likeness (QED) is 0.0523. The molecule has 1 aliphatic heterocycles. The van der Waals surface area contributed by atoms with Crippen molar-refractivity contribution in [3.8, 4) is 10.4 Å². The molecule has 1 aliphatic rings. The Morgan fingerprint density at radius 3 is 2.06 bits per heavy atom. The molecular weight excluding hydrogens is 707 g/mol. The van der Waals surface area contributed by atoms with Gasteiger partial charge >= 0.3 is 0 Å². The summed E-state index contributed by atoms with van der Waals surface area (Å²) in [6.45, 7) is 13.8. The van der Waals surface area contributed by atoms with Crippen molar-refractivity contribution < 1.29 is 43.1 Å². The van der Waals surface area contributed by atoms with Crippen LogP contribution in [0.3, 0.4) is 0 Å². The van der Waals surface area contributed by atoms with Crippen LogP contribution in [0.15, 0.2) is 34.9 Å². The Labute approximate surface area is 316 Å². The summed E-state index contributed by atoms with van der Waals surface area (Å²) in [6, 6.07) is 7.29. The highest BCUT2D eigenvalue weighted by Gasteiger charge is 2.39. The first-order valence-corrected chi connectivity index (χ1v) is 18.9. The van der Waals surface area contributed by atoms with Gasteiger partial charge in [-0.15, -0.1) is 11.3 Å². The second-order valence-corrected chi connectivity index (χ2v) is 14.5. The lowest BCUT2D eigenvalue weighted by Gasteiger charge is -2.36. The predicted octanol–water partition coefficient (Wildman–Crippen LogP) is 3.11. The molecule has 1 aromatic heterocycles. The molecule has 0 aliphatic carbocycles. The lowest BCUT2D eigenvalue weighted by atomic mass is 9.86. The van der Waals surface area contributed by atoms with Crippen LogP contribution in [0, 0.1) is 12.3 Å². The third-order valence-corrected chi connectivity index (χ3v) is 9.38. The van der Waals surface area contributed by atoms with Crippen molar-refractivity contribution in [2.45, 2.75) is 58.8 Å². The van der Waals surface area contributed by atoms with Crippen molar-refractivity contribution in [1.82, 2.24) is 20.5 Å². The van der Waals surface area contributed by atoms with Gasteiger partial charge in [-0.25, -0.2) is 4.98 Å². The second kappa shape index (κ2) is 25.0. The van der Waals surface area contributed by atoms with E-state index < -0.39 is 12.1 Å². The van der Waals surface area contributed by atoms with E-state index in [2.05, 4.69) is 25.6 Å². The molecule has 1 saturated heterocycles. The Hall–Kier alpha value is -3.22. The lowest BCUT2D eigenvalue weighted by Crippen LogP contribution is -2.54. The summed E-state index contributed by atoms with van der Waals surface area (Å²) in [7, 11) is 0. The molecule has 0 saturated carbocycles. The zero-order valence-corrected chi connectivity index (χ0v) is 32.3. The van der Waals surface area contributed by atoms with Crippen molar-refractivity contribution in [2.24, 2.45) is 10.5 Å². The number of aliphatic hydroxyl groups excluding tert-OH is 1. The van der Waals surface area contributed by atoms with Gasteiger partial charge in [-0.2, -0.15) is 0 Å². The zero-order valence-electron chi connectivity index (χ0n) is 31.5. The standard InChI is InChI=1S/C36H57N7O9S/c1-27-34(53-26-39-27)29-7-5-28(6-8-29)22-38-35(46)31-21-30(44)23-43(31)24-32(36(2,3)4)41-33(45)25-52-20-19-51-18-17-50-16-15-49-14-13-48-12-11-47-10-9-40-42-37/h5-8,26,30-32,44H,9-25H2,1-4H3,(H,38,46)(H,41,45)/t30-,31+,32-/m1/s1. The van der Waals surface area contributed by atoms with Crippen LogP contribution in [0.1, 0.15) is 38.4 Å². The number of carbonyl (C=O) groups excluding carboxylic acids is 2. The molecule has 296 valence electrons. The minimum absolute atomic E-state index is 0.119. The minimum atomic E-state index is -0.627. The van der Waals surface area contributed by atoms with Crippen molar-refractivity contribution in [2.75, 3.05) is 98.9 Å². The number of likely N-dealkylation sites (tertiary alicyclic amines) is 1. The summed E-state index contributed by atoms with van der Waals surface area (Å²) in [5, 5.41) is 20.0. The molecule has 2 heterocycles. The number of amides is 2. The molecule has 53 heavy (non-hydrogen) atoms. The average molecular weight is 764 g/mol. The SMILES string of the molecule is Cc1ncsc1-c1ccc(CNC(=O)[C@@H]2C[C@@H](O)CN2C[C@@H](NC(=O)COCCOCCOCCOCCOCCOCCN=[N+]=[N-])C(C)(C)C)cc1. The van der Waals surface area contributed by atoms with Crippen LogP contribution in [0.5, 0.6) is 0 Å². The van der Waals surface area contributed by atoms with Crippen molar-refractivity contribution in [3.05, 3.63) is 51.5 Å². The van der Waals surface area contributed by atoms with Crippen molar-refractivity contribution in [1.29, 1.82) is 0 Å². The van der Waals surface area contributed by atoms with Gasteiger partial charge in [-0.1, -0.05) is 50.2 Å². The number of benzene rings is 1. The molecule has 16 nitrogen and oxygen atoms in total. The Bertz CT molecular complexity index is 1390. The monoisotopic (exact) mass is 763 g/mol. The van der Waals surface area contributed by atoms with Crippen LogP contribution in [0.2, 0.25) is 0 Å². The van der Waals surface area contributed by atoms with E-state index in [0.29, 0.717) is 98.7 Å². The van der Waals surface area contributed by atoms with Gasteiger partial charge in [0.05, 0.1) is 101 Å². The smallest absolute Gasteiger partial charge is 0.246 e. The number of carbonyl (C=O) groups is 2. The molecule has 1 aromatic carbocycles. The summed E-state index contributed by atoms with van der Waals surface area (Å²) in [5.74, 6) is -0.404. The van der Waals surface area contributed by atoms with Crippen LogP contribution >= 0.6 is 11.3 Å². The second-order valence-electron chi connectivity index (χ2n) is 13.6. The predicted molar refractivity (Wildman–Crippen MR) is 200 cm³/mol. The maximum Gasteiger partial charge on any atom is 0.246 e. The van der Waals surface area contributed by atoms with E-state index in [1.807, 2.05) is 62.4 Å². The third kappa shape index (κ3) is 17.6. The number of nitrogens with zero attached hydrogens (tertiary/aromatic N) is 5. The molecule has 3 N–H and O–H groups in total. The Kier molecular flexibility index (Phi) is 20.8. The molecule has 3 rings (SSSR count). The molecule has 2 aromatic rings. The highest BCUT2D eigenvalue weighted by Crippen LogP contribution is 2.28. The number of azide groups is 1. The number of β-amino-alcohol motifs (C(OH)–C–C–N with tert-alkyl or cyclic N) is 1. The fourth-order valence-corrected chi connectivity index (χ4v) is 6.25. The molecule has 0 radical (unpaired) electrons. The van der Waals surface area contributed by atoms with E-state index in [0.717, 1.165) is 21.7 Å². The van der Waals surface area contributed by atoms with Gasteiger partial charge in [0, 0.05) is 37.1 Å². The number of hydrogen-bond acceptors (Lipinski definition) is 13. The fourth-order valence-electron chi connectivity index (χ4n) is 5.43. The molecular formula is C36H57N7O9S. The van der Waals surface area contributed by atoms with E-state index in [1.165, 1.54) is 0 Å². The summed E-state index contributed by atoms with van der Waals surface area (Å²) < 4.78 is 32.6. The Morgan fingerprint density at radius 2 is 1.53 bits per heavy atom. The fraction of sp³-hybridized carbons (Fsp3) is 0.694. The van der Waals surface area contributed by atoms with Gasteiger partial charge < -0.3 is 44.2 Å². The average Bonchev–Trinajstić information content (AvgIpc) is 3.73. The third-order valence-electron chi connectivity index (χ3n) is 8.40. The summed E-state index contributed by atoms with van der Waals surface area (Å²) >= 11 is 1.60. The number of nitrogens with one attached hydrogen (secondary N) is 2. The summed E-state index contributed by atoms with van der Waals surface area (Å²) in [4.78, 5) is 36.2. The topological polar surface area (TPSA) is 199 Å². The number of rotatable bonds is 27. The first-order valence-electron chi connectivity index (χ1n) is 18.0. The van der Waals surface area contributed by atoms with Crippen LogP contribution in [0.25, 0.3) is 20.9 Å². The van der Waals surface area contributed by atoms with Gasteiger partial charge in [-0.3, -0.25) is 14.5 Å². The Balaban J connectivity index is 1.25. The first-order chi connectivity index (χ1) is 25.6. The first kappa shape index (κ1) is 44.2. The highest BCUT2D eigenvalue weighted by molar-refractivity contribution is 7.13. The van der Waals surface area contributed by atoms with Gasteiger partial charge in [0.1, 0.15) is 6.61 Å². The van der Waals surface area contributed by atoms with Gasteiger partial charge in [0.25, 0.3) is 0 Å². The molecule has 3 atom stereocenters. The number of hydrogen-bond donors (Lipinski definition) is 3. The molecule has 0 unspecified atom stereocenters. The zero-order chi connectivity index (χ0) is 38.3. The van der Waals surface area contributed by atoms with E-state index in [-0.39, 0.29) is 36.5 Å². The number of ether oxygens (including phenoxy) is 6. The number of aryl methyl sites for hydroxylation is 1. The molecule has 0 spiro atoms. The molecule has 1 fully saturated rings. The molecule has 0 bridgehead atoms. The van der Waals surface area contributed by atoms with Gasteiger partial charge in [0.2, 0.25) is 11.8 Å². The summed E-state index contributed by atoms with van der Waals surface area (Å²) in [6.07, 6.45) is -0.295. The van der Waals surface area contributed by atoms with Crippen molar-refractivity contribution in [3.63, 3.8) is 0 Å². The van der Waals surface area contributed by atoms with Crippen molar-refractivity contribution >= 4 is 23.2 Å². The molecule has 17 heteroatoms. The van der Waals surface area contributed by atoms with E-state index in [4.69, 9.17) is 34.0 Å². The number of thiazole rings is 1. The largest absolute Gasteiger partial charge is 0.392 e. The number of aromatic nitrogens is 1. The lowest BCUT2D eigenvalue weighted by molar-refractivity contribution is -0.128. The number of aliphatic hydroxyl groups is 1. The van der Waals surface area contributed by atoms with Crippen LogP contribution in [0.4, 0.5) is 0 Å². The normalized spacial score (nSPS) is 16.7. The maximum atomic E-state index is 13.3.